The van der Waals surface area contributed by atoms with Crippen molar-refractivity contribution in [1.82, 2.24) is 0 Å². The smallest absolute Gasteiger partial charge is 0.119 e. The summed E-state index contributed by atoms with van der Waals surface area (Å²) in [7, 11) is 1.70. The van der Waals surface area contributed by atoms with Gasteiger partial charge in [0.2, 0.25) is 0 Å². The van der Waals surface area contributed by atoms with Crippen molar-refractivity contribution in [2.24, 2.45) is 4.99 Å². The van der Waals surface area contributed by atoms with Crippen molar-refractivity contribution in [2.75, 3.05) is 13.7 Å². The number of fused-ring (bicyclic) bond motifs is 1. The highest BCUT2D eigenvalue weighted by Crippen LogP contribution is 2.25. The Labute approximate surface area is 133 Å². The summed E-state index contributed by atoms with van der Waals surface area (Å²) < 4.78 is 6.38. The number of nitrogens with zero attached hydrogens (tertiary/aromatic N) is 1. The molecule has 2 aromatic carbocycles. The number of rotatable bonds is 2. The predicted octanol–water partition coefficient (Wildman–Crippen LogP) is 4.27. The van der Waals surface area contributed by atoms with Gasteiger partial charge < -0.3 is 4.74 Å². The van der Waals surface area contributed by atoms with Crippen molar-refractivity contribution in [1.29, 1.82) is 0 Å². The molecule has 0 aliphatic carbocycles. The lowest BCUT2D eigenvalue weighted by atomic mass is 9.93. The van der Waals surface area contributed by atoms with E-state index < -0.39 is 0 Å². The second-order valence-corrected chi connectivity index (χ2v) is 5.43. The molecule has 2 nitrogen and oxygen atoms in total. The van der Waals surface area contributed by atoms with E-state index in [1.165, 1.54) is 11.1 Å². The molecular weight excluding hydrogens is 338 g/mol. The standard InChI is InChI=1S/C16H14BrNO.ClH/c1-19-14-6-7-15-12(10-14)8-9-18-16(15)11-2-4-13(17)5-3-11;/h2-7,10H,8-9H2,1H3;1H. The fourth-order valence-corrected chi connectivity index (χ4v) is 2.63. The van der Waals surface area contributed by atoms with Crippen LogP contribution in [-0.2, 0) is 6.42 Å². The van der Waals surface area contributed by atoms with Crippen molar-refractivity contribution in [3.8, 4) is 5.75 Å². The van der Waals surface area contributed by atoms with Crippen molar-refractivity contribution >= 4 is 34.0 Å². The second-order valence-electron chi connectivity index (χ2n) is 4.51. The van der Waals surface area contributed by atoms with Crippen molar-refractivity contribution in [2.45, 2.75) is 6.42 Å². The molecule has 4 heteroatoms. The molecule has 0 atom stereocenters. The average Bonchev–Trinajstić information content (AvgIpc) is 2.47. The van der Waals surface area contributed by atoms with E-state index >= 15 is 0 Å². The van der Waals surface area contributed by atoms with Gasteiger partial charge in [-0.3, -0.25) is 4.99 Å². The van der Waals surface area contributed by atoms with E-state index in [9.17, 15) is 0 Å². The van der Waals surface area contributed by atoms with Crippen molar-refractivity contribution in [3.05, 3.63) is 63.6 Å². The molecule has 1 heterocycles. The van der Waals surface area contributed by atoms with Crippen LogP contribution in [0.25, 0.3) is 0 Å². The van der Waals surface area contributed by atoms with E-state index in [1.54, 1.807) is 7.11 Å². The number of benzene rings is 2. The van der Waals surface area contributed by atoms with E-state index in [1.807, 2.05) is 6.07 Å². The largest absolute Gasteiger partial charge is 0.497 e. The molecule has 2 aromatic rings. The quantitative estimate of drug-likeness (QED) is 0.791. The van der Waals surface area contributed by atoms with Gasteiger partial charge in [0, 0.05) is 22.1 Å². The molecule has 0 amide bonds. The van der Waals surface area contributed by atoms with Crippen LogP contribution in [0.4, 0.5) is 0 Å². The van der Waals surface area contributed by atoms with E-state index in [4.69, 9.17) is 4.74 Å². The van der Waals surface area contributed by atoms with Gasteiger partial charge >= 0.3 is 0 Å². The first-order valence-electron chi connectivity index (χ1n) is 6.25. The van der Waals surface area contributed by atoms with E-state index in [0.29, 0.717) is 0 Å². The highest BCUT2D eigenvalue weighted by molar-refractivity contribution is 9.10. The summed E-state index contributed by atoms with van der Waals surface area (Å²) in [6.45, 7) is 0.839. The molecule has 1 aliphatic heterocycles. The number of hydrogen-bond acceptors (Lipinski definition) is 2. The van der Waals surface area contributed by atoms with Gasteiger partial charge in [-0.25, -0.2) is 0 Å². The average molecular weight is 353 g/mol. The molecule has 1 aliphatic rings. The molecule has 0 unspecified atom stereocenters. The first kappa shape index (κ1) is 15.1. The summed E-state index contributed by atoms with van der Waals surface area (Å²) in [6.07, 6.45) is 0.979. The summed E-state index contributed by atoms with van der Waals surface area (Å²) in [5.74, 6) is 0.913. The highest BCUT2D eigenvalue weighted by atomic mass is 79.9. The van der Waals surface area contributed by atoms with Crippen LogP contribution in [0.15, 0.2) is 51.9 Å². The lowest BCUT2D eigenvalue weighted by Crippen LogP contribution is -2.14. The third-order valence-corrected chi connectivity index (χ3v) is 3.86. The first-order valence-corrected chi connectivity index (χ1v) is 7.05. The Morgan fingerprint density at radius 3 is 2.55 bits per heavy atom. The third-order valence-electron chi connectivity index (χ3n) is 3.34. The summed E-state index contributed by atoms with van der Waals surface area (Å²) in [6, 6.07) is 14.5. The van der Waals surface area contributed by atoms with E-state index in [2.05, 4.69) is 57.3 Å². The summed E-state index contributed by atoms with van der Waals surface area (Å²) in [5.41, 5.74) is 4.77. The summed E-state index contributed by atoms with van der Waals surface area (Å²) >= 11 is 3.46. The minimum absolute atomic E-state index is 0. The molecule has 0 aromatic heterocycles. The van der Waals surface area contributed by atoms with Crippen LogP contribution in [0.5, 0.6) is 5.75 Å². The van der Waals surface area contributed by atoms with Gasteiger partial charge in [-0.05, 0) is 42.3 Å². The summed E-state index contributed by atoms with van der Waals surface area (Å²) in [5, 5.41) is 0. The van der Waals surface area contributed by atoms with Gasteiger partial charge in [0.15, 0.2) is 0 Å². The van der Waals surface area contributed by atoms with Crippen LogP contribution in [0, 0.1) is 0 Å². The van der Waals surface area contributed by atoms with E-state index in [0.717, 1.165) is 34.5 Å². The molecule has 3 rings (SSSR count). The SMILES string of the molecule is COc1ccc2c(c1)CCN=C2c1ccc(Br)cc1.Cl. The number of ether oxygens (including phenoxy) is 1. The Morgan fingerprint density at radius 1 is 1.10 bits per heavy atom. The second kappa shape index (κ2) is 6.42. The fourth-order valence-electron chi connectivity index (χ4n) is 2.36. The first-order chi connectivity index (χ1) is 9.28. The fraction of sp³-hybridized carbons (Fsp3) is 0.188. The number of halogens is 2. The van der Waals surface area contributed by atoms with Crippen LogP contribution in [0.1, 0.15) is 16.7 Å². The van der Waals surface area contributed by atoms with Crippen LogP contribution in [0.2, 0.25) is 0 Å². The van der Waals surface area contributed by atoms with Gasteiger partial charge in [-0.2, -0.15) is 0 Å². The molecule has 0 fully saturated rings. The molecule has 0 radical (unpaired) electrons. The summed E-state index contributed by atoms with van der Waals surface area (Å²) in [4.78, 5) is 4.69. The van der Waals surface area contributed by atoms with Gasteiger partial charge in [0.25, 0.3) is 0 Å². The lowest BCUT2D eigenvalue weighted by Gasteiger charge is -2.18. The zero-order valence-electron chi connectivity index (χ0n) is 11.1. The number of hydrogen-bond donors (Lipinski definition) is 0. The molecular formula is C16H15BrClNO. The monoisotopic (exact) mass is 351 g/mol. The maximum Gasteiger partial charge on any atom is 0.119 e. The van der Waals surface area contributed by atoms with Gasteiger partial charge in [0.1, 0.15) is 5.75 Å². The Kier molecular flexibility index (Phi) is 4.84. The normalized spacial score (nSPS) is 13.0. The van der Waals surface area contributed by atoms with Crippen molar-refractivity contribution < 1.29 is 4.74 Å². The minimum atomic E-state index is 0. The molecule has 0 saturated carbocycles. The van der Waals surface area contributed by atoms with Gasteiger partial charge in [-0.15, -0.1) is 12.4 Å². The van der Waals surface area contributed by atoms with Gasteiger partial charge in [0.05, 0.1) is 12.8 Å². The van der Waals surface area contributed by atoms with Crippen LogP contribution in [0.3, 0.4) is 0 Å². The highest BCUT2D eigenvalue weighted by Gasteiger charge is 2.16. The Balaban J connectivity index is 0.00000147. The maximum absolute atomic E-state index is 5.29. The zero-order valence-corrected chi connectivity index (χ0v) is 13.5. The Morgan fingerprint density at radius 2 is 1.85 bits per heavy atom. The van der Waals surface area contributed by atoms with E-state index in [-0.39, 0.29) is 12.4 Å². The molecule has 0 N–H and O–H groups in total. The number of methoxy groups -OCH3 is 1. The molecule has 0 spiro atoms. The Hall–Kier alpha value is -1.32. The Bertz CT molecular complexity index is 637. The minimum Gasteiger partial charge on any atom is -0.497 e. The van der Waals surface area contributed by atoms with Gasteiger partial charge in [-0.1, -0.05) is 28.1 Å². The lowest BCUT2D eigenvalue weighted by molar-refractivity contribution is 0.414. The number of aliphatic imine (C=N–C) groups is 1. The van der Waals surface area contributed by atoms with Crippen LogP contribution in [-0.4, -0.2) is 19.4 Å². The molecule has 20 heavy (non-hydrogen) atoms. The zero-order chi connectivity index (χ0) is 13.2. The maximum atomic E-state index is 5.29. The molecule has 104 valence electrons. The molecule has 0 bridgehead atoms. The van der Waals surface area contributed by atoms with Crippen LogP contribution < -0.4 is 4.74 Å². The van der Waals surface area contributed by atoms with Crippen molar-refractivity contribution in [3.63, 3.8) is 0 Å². The molecule has 0 saturated heterocycles. The van der Waals surface area contributed by atoms with Crippen LogP contribution >= 0.6 is 28.3 Å². The third kappa shape index (κ3) is 2.89. The topological polar surface area (TPSA) is 21.6 Å². The predicted molar refractivity (Wildman–Crippen MR) is 88.6 cm³/mol.